The molecule has 9 nitrogen and oxygen atoms in total. The van der Waals surface area contributed by atoms with Crippen LogP contribution in [0.4, 0.5) is 0 Å². The molecule has 5 N–H and O–H groups in total. The van der Waals surface area contributed by atoms with Gasteiger partial charge in [0, 0.05) is 6.42 Å². The molecule has 0 amide bonds. The quantitative estimate of drug-likeness (QED) is 0.261. The summed E-state index contributed by atoms with van der Waals surface area (Å²) in [5, 5.41) is 25.4. The summed E-state index contributed by atoms with van der Waals surface area (Å²) >= 11 is 14.3. The Kier molecular flexibility index (Phi) is 12.5. The third kappa shape index (κ3) is 12.1. The number of alkyl halides is 3. The Morgan fingerprint density at radius 2 is 1.65 bits per heavy atom. The largest absolute Gasteiger partial charge is 0.507 e. The van der Waals surface area contributed by atoms with Crippen molar-refractivity contribution in [1.29, 1.82) is 0 Å². The van der Waals surface area contributed by atoms with Crippen LogP contribution in [0.1, 0.15) is 40.5 Å². The molecular weight excluding hydrogens is 437 g/mol. The van der Waals surface area contributed by atoms with Crippen LogP contribution in [0, 0.1) is 0 Å². The SMILES string of the molecule is CCCC(=O)O.O=Cc1cc(C(=O)O)ccc1O.O=P(O)(O)C(Cl)(Cl)Cl. The molecule has 0 aliphatic heterocycles. The van der Waals surface area contributed by atoms with E-state index in [2.05, 4.69) is 0 Å². The van der Waals surface area contributed by atoms with E-state index >= 15 is 0 Å². The number of hydrogen-bond donors (Lipinski definition) is 5. The Bertz CT molecular complexity index is 667. The van der Waals surface area contributed by atoms with E-state index in [4.69, 9.17) is 59.9 Å². The number of carbonyl (C=O) groups is 3. The third-order valence-electron chi connectivity index (χ3n) is 2.20. The molecule has 13 heteroatoms. The number of aldehydes is 1. The Morgan fingerprint density at radius 3 is 1.88 bits per heavy atom. The van der Waals surface area contributed by atoms with Crippen LogP contribution in [0.2, 0.25) is 0 Å². The lowest BCUT2D eigenvalue weighted by atomic mass is 10.1. The van der Waals surface area contributed by atoms with Crippen molar-refractivity contribution in [2.45, 2.75) is 23.3 Å². The summed E-state index contributed by atoms with van der Waals surface area (Å²) in [6.07, 6.45) is 1.43. The van der Waals surface area contributed by atoms with E-state index in [0.717, 1.165) is 12.5 Å². The molecule has 26 heavy (non-hydrogen) atoms. The topological polar surface area (TPSA) is 169 Å². The highest BCUT2D eigenvalue weighted by molar-refractivity contribution is 7.61. The van der Waals surface area contributed by atoms with Crippen molar-refractivity contribution >= 4 is 60.6 Å². The average molecular weight is 454 g/mol. The maximum absolute atomic E-state index is 10.4. The summed E-state index contributed by atoms with van der Waals surface area (Å²) in [6, 6.07) is 3.52. The maximum atomic E-state index is 10.4. The van der Waals surface area contributed by atoms with Gasteiger partial charge in [0.25, 0.3) is 3.53 Å². The first-order valence-corrected chi connectivity index (χ1v) is 9.27. The van der Waals surface area contributed by atoms with Crippen LogP contribution in [0.25, 0.3) is 0 Å². The van der Waals surface area contributed by atoms with Crippen LogP contribution in [0.5, 0.6) is 5.75 Å². The molecule has 0 aromatic heterocycles. The molecule has 1 rings (SSSR count). The standard InChI is InChI=1S/C8H6O4.C4H8O2.CH2Cl3O3P/c9-4-6-3-5(8(11)12)1-2-7(6)10;1-2-3-4(5)6;2-1(3,4)8(5,6)7/h1-4,10H,(H,11,12);2-3H2,1H3,(H,5,6);(H2,5,6,7). The maximum Gasteiger partial charge on any atom is 0.376 e. The molecule has 0 fully saturated rings. The molecule has 0 atom stereocenters. The second-order valence-electron chi connectivity index (χ2n) is 4.35. The van der Waals surface area contributed by atoms with Gasteiger partial charge in [0.2, 0.25) is 0 Å². The van der Waals surface area contributed by atoms with Crippen molar-refractivity contribution in [2.24, 2.45) is 0 Å². The zero-order valence-corrected chi connectivity index (χ0v) is 16.3. The number of carboxylic acid groups (broad SMARTS) is 2. The Balaban J connectivity index is 0. The first-order valence-electron chi connectivity index (χ1n) is 6.53. The molecule has 0 spiro atoms. The van der Waals surface area contributed by atoms with E-state index in [0.29, 0.717) is 12.7 Å². The summed E-state index contributed by atoms with van der Waals surface area (Å²) in [7, 11) is -4.55. The van der Waals surface area contributed by atoms with Crippen LogP contribution < -0.4 is 0 Å². The molecule has 0 saturated carbocycles. The molecule has 0 saturated heterocycles. The summed E-state index contributed by atoms with van der Waals surface area (Å²) in [5.41, 5.74) is -0.0372. The molecule has 0 heterocycles. The molecule has 0 bridgehead atoms. The van der Waals surface area contributed by atoms with E-state index in [-0.39, 0.29) is 16.9 Å². The zero-order valence-electron chi connectivity index (χ0n) is 13.2. The molecule has 148 valence electrons. The molecule has 0 unspecified atom stereocenters. The number of aliphatic carboxylic acids is 1. The van der Waals surface area contributed by atoms with E-state index in [1.54, 1.807) is 0 Å². The number of benzene rings is 1. The Labute approximate surface area is 163 Å². The highest BCUT2D eigenvalue weighted by Crippen LogP contribution is 2.58. The van der Waals surface area contributed by atoms with Gasteiger partial charge in [-0.3, -0.25) is 14.2 Å². The zero-order chi connectivity index (χ0) is 21.1. The number of hydrogen-bond acceptors (Lipinski definition) is 5. The van der Waals surface area contributed by atoms with E-state index in [1.807, 2.05) is 6.92 Å². The van der Waals surface area contributed by atoms with Crippen molar-refractivity contribution in [2.75, 3.05) is 0 Å². The van der Waals surface area contributed by atoms with Gasteiger partial charge in [-0.1, -0.05) is 41.7 Å². The Morgan fingerprint density at radius 1 is 1.19 bits per heavy atom. The average Bonchev–Trinajstić information content (AvgIpc) is 2.46. The number of carboxylic acids is 2. The van der Waals surface area contributed by atoms with Crippen LogP contribution in [0.3, 0.4) is 0 Å². The van der Waals surface area contributed by atoms with Crippen molar-refractivity contribution in [3.63, 3.8) is 0 Å². The van der Waals surface area contributed by atoms with Crippen molar-refractivity contribution in [3.8, 4) is 5.75 Å². The number of aromatic carboxylic acids is 1. The smallest absolute Gasteiger partial charge is 0.376 e. The van der Waals surface area contributed by atoms with Gasteiger partial charge in [0.1, 0.15) is 5.75 Å². The van der Waals surface area contributed by atoms with Crippen LogP contribution in [-0.4, -0.2) is 46.9 Å². The summed E-state index contributed by atoms with van der Waals surface area (Å²) < 4.78 is 7.47. The number of phenols is 1. The lowest BCUT2D eigenvalue weighted by Crippen LogP contribution is -2.01. The summed E-state index contributed by atoms with van der Waals surface area (Å²) in [6.45, 7) is 1.84. The molecule has 0 radical (unpaired) electrons. The predicted molar refractivity (Wildman–Crippen MR) is 95.3 cm³/mol. The van der Waals surface area contributed by atoms with Gasteiger partial charge in [-0.15, -0.1) is 0 Å². The first-order chi connectivity index (χ1) is 11.7. The predicted octanol–water partition coefficient (Wildman–Crippen LogP) is 3.27. The van der Waals surface area contributed by atoms with Gasteiger partial charge >= 0.3 is 19.5 Å². The number of aromatic hydroxyl groups is 1. The Hall–Kier alpha value is -1.35. The number of carbonyl (C=O) groups excluding carboxylic acids is 1. The minimum absolute atomic E-state index is 0.0186. The van der Waals surface area contributed by atoms with Crippen molar-refractivity contribution in [1.82, 2.24) is 0 Å². The molecular formula is C13H16Cl3O9P. The van der Waals surface area contributed by atoms with Gasteiger partial charge in [-0.05, 0) is 24.6 Å². The number of rotatable bonds is 4. The van der Waals surface area contributed by atoms with E-state index in [9.17, 15) is 18.9 Å². The molecule has 0 aliphatic carbocycles. The minimum atomic E-state index is -4.55. The summed E-state index contributed by atoms with van der Waals surface area (Å²) in [5.74, 6) is -2.05. The van der Waals surface area contributed by atoms with E-state index in [1.165, 1.54) is 12.1 Å². The fraction of sp³-hybridized carbons (Fsp3) is 0.308. The minimum Gasteiger partial charge on any atom is -0.507 e. The third-order valence-corrected chi connectivity index (χ3v) is 4.84. The lowest BCUT2D eigenvalue weighted by Gasteiger charge is -2.10. The van der Waals surface area contributed by atoms with Gasteiger partial charge in [0.15, 0.2) is 6.29 Å². The molecule has 1 aromatic carbocycles. The first kappa shape index (κ1) is 26.9. The number of phenolic OH excluding ortho intramolecular Hbond substituents is 1. The van der Waals surface area contributed by atoms with Gasteiger partial charge in [0.05, 0.1) is 11.1 Å². The van der Waals surface area contributed by atoms with Crippen molar-refractivity contribution < 1.29 is 44.1 Å². The fourth-order valence-electron chi connectivity index (χ4n) is 0.996. The highest BCUT2D eigenvalue weighted by atomic mass is 35.6. The van der Waals surface area contributed by atoms with Crippen LogP contribution in [-0.2, 0) is 9.36 Å². The van der Waals surface area contributed by atoms with E-state index < -0.39 is 23.1 Å². The lowest BCUT2D eigenvalue weighted by molar-refractivity contribution is -0.137. The summed E-state index contributed by atoms with van der Waals surface area (Å²) in [4.78, 5) is 46.4. The number of halogens is 3. The normalized spacial score (nSPS) is 10.5. The highest BCUT2D eigenvalue weighted by Gasteiger charge is 2.41. The second-order valence-corrected chi connectivity index (χ2v) is 9.18. The van der Waals surface area contributed by atoms with Gasteiger partial charge < -0.3 is 25.1 Å². The molecule has 1 aromatic rings. The monoisotopic (exact) mass is 452 g/mol. The van der Waals surface area contributed by atoms with Crippen molar-refractivity contribution in [3.05, 3.63) is 29.3 Å². The fourth-order valence-corrected chi connectivity index (χ4v) is 0.996. The molecule has 0 aliphatic rings. The second kappa shape index (κ2) is 12.1. The van der Waals surface area contributed by atoms with Gasteiger partial charge in [-0.25, -0.2) is 4.79 Å². The van der Waals surface area contributed by atoms with Gasteiger partial charge in [-0.2, -0.15) is 0 Å². The van der Waals surface area contributed by atoms with Crippen LogP contribution >= 0.6 is 42.4 Å². The van der Waals surface area contributed by atoms with Crippen LogP contribution in [0.15, 0.2) is 18.2 Å².